The van der Waals surface area contributed by atoms with Gasteiger partial charge in [0.25, 0.3) is 0 Å². The number of amidine groups is 1. The first-order chi connectivity index (χ1) is 11.5. The molecule has 1 amide bonds. The van der Waals surface area contributed by atoms with Gasteiger partial charge >= 0.3 is 12.1 Å². The second-order valence-electron chi connectivity index (χ2n) is 6.87. The summed E-state index contributed by atoms with van der Waals surface area (Å²) in [7, 11) is 0. The SMILES string of the molecule is CCOC(=O)CCC1CCN(C2=NOC3(C2)CN(C(=O)O)C3)CC1. The van der Waals surface area contributed by atoms with E-state index < -0.39 is 11.7 Å². The van der Waals surface area contributed by atoms with Gasteiger partial charge in [-0.05, 0) is 32.1 Å². The third-order valence-corrected chi connectivity index (χ3v) is 5.10. The number of hydrogen-bond donors (Lipinski definition) is 1. The number of amides is 1. The Kier molecular flexibility index (Phi) is 4.82. The molecule has 134 valence electrons. The van der Waals surface area contributed by atoms with Crippen molar-refractivity contribution in [3.8, 4) is 0 Å². The predicted molar refractivity (Wildman–Crippen MR) is 85.6 cm³/mol. The number of carbonyl (C=O) groups excluding carboxylic acids is 1. The lowest BCUT2D eigenvalue weighted by Gasteiger charge is -2.43. The van der Waals surface area contributed by atoms with Gasteiger partial charge in [0, 0.05) is 19.5 Å². The fourth-order valence-electron chi connectivity index (χ4n) is 3.66. The minimum atomic E-state index is -0.903. The van der Waals surface area contributed by atoms with Gasteiger partial charge < -0.3 is 19.6 Å². The van der Waals surface area contributed by atoms with E-state index in [9.17, 15) is 9.59 Å². The standard InChI is InChI=1S/C16H25N3O5/c1-2-23-14(20)4-3-12-5-7-18(8-6-12)13-9-16(24-17-13)10-19(11-16)15(21)22/h12H,2-11H2,1H3,(H,21,22). The quantitative estimate of drug-likeness (QED) is 0.781. The molecule has 1 spiro atoms. The monoisotopic (exact) mass is 339 g/mol. The van der Waals surface area contributed by atoms with Gasteiger partial charge in [0.1, 0.15) is 5.84 Å². The van der Waals surface area contributed by atoms with Crippen molar-refractivity contribution >= 4 is 17.9 Å². The Balaban J connectivity index is 1.39. The Morgan fingerprint density at radius 2 is 2.08 bits per heavy atom. The molecule has 0 aromatic carbocycles. The van der Waals surface area contributed by atoms with E-state index in [0.717, 1.165) is 38.2 Å². The van der Waals surface area contributed by atoms with Gasteiger partial charge in [0.2, 0.25) is 0 Å². The van der Waals surface area contributed by atoms with Crippen LogP contribution in [0.2, 0.25) is 0 Å². The van der Waals surface area contributed by atoms with Gasteiger partial charge in [-0.3, -0.25) is 9.69 Å². The number of carboxylic acid groups (broad SMARTS) is 1. The molecule has 8 nitrogen and oxygen atoms in total. The summed E-state index contributed by atoms with van der Waals surface area (Å²) in [6, 6.07) is 0. The van der Waals surface area contributed by atoms with Crippen molar-refractivity contribution in [2.24, 2.45) is 11.1 Å². The summed E-state index contributed by atoms with van der Waals surface area (Å²) in [5.41, 5.74) is -0.436. The maximum atomic E-state index is 11.4. The molecule has 0 saturated carbocycles. The molecule has 1 N–H and O–H groups in total. The molecular formula is C16H25N3O5. The van der Waals surface area contributed by atoms with Crippen molar-refractivity contribution < 1.29 is 24.3 Å². The number of oxime groups is 1. The molecule has 8 heteroatoms. The van der Waals surface area contributed by atoms with Crippen LogP contribution in [0.4, 0.5) is 4.79 Å². The molecule has 0 aromatic rings. The van der Waals surface area contributed by atoms with Crippen molar-refractivity contribution in [1.82, 2.24) is 9.80 Å². The highest BCUT2D eigenvalue weighted by atomic mass is 16.7. The van der Waals surface area contributed by atoms with E-state index in [2.05, 4.69) is 10.1 Å². The molecule has 3 aliphatic heterocycles. The summed E-state index contributed by atoms with van der Waals surface area (Å²) in [5.74, 6) is 1.38. The van der Waals surface area contributed by atoms with Crippen LogP contribution in [-0.4, -0.2) is 71.2 Å². The van der Waals surface area contributed by atoms with Crippen LogP contribution >= 0.6 is 0 Å². The lowest BCUT2D eigenvalue weighted by atomic mass is 9.89. The summed E-state index contributed by atoms with van der Waals surface area (Å²) >= 11 is 0. The highest BCUT2D eigenvalue weighted by Crippen LogP contribution is 2.35. The molecule has 3 rings (SSSR count). The first kappa shape index (κ1) is 16.9. The fraction of sp³-hybridized carbons (Fsp3) is 0.812. The molecule has 24 heavy (non-hydrogen) atoms. The van der Waals surface area contributed by atoms with Gasteiger partial charge in [-0.1, -0.05) is 5.16 Å². The average Bonchev–Trinajstić information content (AvgIpc) is 2.98. The zero-order valence-corrected chi connectivity index (χ0v) is 14.1. The molecule has 0 unspecified atom stereocenters. The minimum absolute atomic E-state index is 0.108. The second kappa shape index (κ2) is 6.86. The highest BCUT2D eigenvalue weighted by molar-refractivity contribution is 5.85. The smallest absolute Gasteiger partial charge is 0.407 e. The fourth-order valence-corrected chi connectivity index (χ4v) is 3.66. The highest BCUT2D eigenvalue weighted by Gasteiger charge is 2.52. The number of hydrogen-bond acceptors (Lipinski definition) is 6. The number of piperidine rings is 1. The van der Waals surface area contributed by atoms with Crippen LogP contribution in [0.15, 0.2) is 5.16 Å². The van der Waals surface area contributed by atoms with E-state index in [1.807, 2.05) is 6.92 Å². The summed E-state index contributed by atoms with van der Waals surface area (Å²) in [5, 5.41) is 13.1. The van der Waals surface area contributed by atoms with E-state index in [-0.39, 0.29) is 5.97 Å². The topological polar surface area (TPSA) is 91.7 Å². The van der Waals surface area contributed by atoms with Gasteiger partial charge in [0.15, 0.2) is 5.60 Å². The lowest BCUT2D eigenvalue weighted by molar-refractivity contribution is -0.143. The van der Waals surface area contributed by atoms with E-state index in [1.165, 1.54) is 4.90 Å². The largest absolute Gasteiger partial charge is 0.466 e. The van der Waals surface area contributed by atoms with Crippen molar-refractivity contribution in [3.63, 3.8) is 0 Å². The van der Waals surface area contributed by atoms with Crippen molar-refractivity contribution in [1.29, 1.82) is 0 Å². The first-order valence-corrected chi connectivity index (χ1v) is 8.65. The summed E-state index contributed by atoms with van der Waals surface area (Å²) in [4.78, 5) is 31.4. The molecule has 0 bridgehead atoms. The molecule has 2 fully saturated rings. The normalized spacial score (nSPS) is 22.8. The summed E-state index contributed by atoms with van der Waals surface area (Å²) < 4.78 is 4.97. The zero-order valence-electron chi connectivity index (χ0n) is 14.1. The Bertz CT molecular complexity index is 522. The third kappa shape index (κ3) is 3.57. The van der Waals surface area contributed by atoms with E-state index >= 15 is 0 Å². The van der Waals surface area contributed by atoms with Gasteiger partial charge in [0.05, 0.1) is 26.1 Å². The van der Waals surface area contributed by atoms with E-state index in [4.69, 9.17) is 14.7 Å². The van der Waals surface area contributed by atoms with Crippen LogP contribution in [0.5, 0.6) is 0 Å². The molecule has 3 heterocycles. The first-order valence-electron chi connectivity index (χ1n) is 8.65. The number of carbonyl (C=O) groups is 2. The van der Waals surface area contributed by atoms with Crippen molar-refractivity contribution in [3.05, 3.63) is 0 Å². The second-order valence-corrected chi connectivity index (χ2v) is 6.87. The van der Waals surface area contributed by atoms with Crippen LogP contribution in [0.1, 0.15) is 39.0 Å². The number of nitrogens with zero attached hydrogens (tertiary/aromatic N) is 3. The number of rotatable bonds is 4. The molecule has 0 aliphatic carbocycles. The summed E-state index contributed by atoms with van der Waals surface area (Å²) in [6.45, 7) is 4.88. The average molecular weight is 339 g/mol. The van der Waals surface area contributed by atoms with Gasteiger partial charge in [-0.25, -0.2) is 4.79 Å². The van der Waals surface area contributed by atoms with Gasteiger partial charge in [-0.15, -0.1) is 0 Å². The number of likely N-dealkylation sites (tertiary alicyclic amines) is 2. The van der Waals surface area contributed by atoms with Crippen molar-refractivity contribution in [2.45, 2.75) is 44.6 Å². The lowest BCUT2D eigenvalue weighted by Crippen LogP contribution is -2.63. The molecule has 2 saturated heterocycles. The van der Waals surface area contributed by atoms with Crippen LogP contribution in [0.3, 0.4) is 0 Å². The number of ether oxygens (including phenoxy) is 1. The van der Waals surface area contributed by atoms with Crippen LogP contribution in [0, 0.1) is 5.92 Å². The third-order valence-electron chi connectivity index (χ3n) is 5.10. The maximum absolute atomic E-state index is 11.4. The van der Waals surface area contributed by atoms with E-state index in [1.54, 1.807) is 0 Å². The van der Waals surface area contributed by atoms with Crippen LogP contribution in [0.25, 0.3) is 0 Å². The molecule has 0 aromatic heterocycles. The molecule has 3 aliphatic rings. The van der Waals surface area contributed by atoms with Gasteiger partial charge in [-0.2, -0.15) is 0 Å². The predicted octanol–water partition coefficient (Wildman–Crippen LogP) is 1.51. The van der Waals surface area contributed by atoms with Crippen LogP contribution in [-0.2, 0) is 14.4 Å². The maximum Gasteiger partial charge on any atom is 0.407 e. The number of esters is 1. The van der Waals surface area contributed by atoms with Crippen LogP contribution < -0.4 is 0 Å². The Hall–Kier alpha value is -1.99. The van der Waals surface area contributed by atoms with E-state index in [0.29, 0.717) is 38.5 Å². The summed E-state index contributed by atoms with van der Waals surface area (Å²) in [6.07, 6.45) is 3.23. The molecule has 0 atom stereocenters. The Morgan fingerprint density at radius 1 is 1.38 bits per heavy atom. The molecule has 0 radical (unpaired) electrons. The minimum Gasteiger partial charge on any atom is -0.466 e. The zero-order chi connectivity index (χ0) is 17.2. The Labute approximate surface area is 141 Å². The van der Waals surface area contributed by atoms with Crippen molar-refractivity contribution in [2.75, 3.05) is 32.8 Å². The Morgan fingerprint density at radius 3 is 2.71 bits per heavy atom. The molecular weight excluding hydrogens is 314 g/mol.